The molecule has 5 nitrogen and oxygen atoms in total. The number of rotatable bonds is 4. The zero-order valence-electron chi connectivity index (χ0n) is 15.5. The van der Waals surface area contributed by atoms with Gasteiger partial charge in [-0.05, 0) is 49.0 Å². The van der Waals surface area contributed by atoms with Crippen LogP contribution in [0.15, 0.2) is 58.0 Å². The van der Waals surface area contributed by atoms with E-state index in [1.807, 2.05) is 12.1 Å². The molecule has 0 saturated carbocycles. The van der Waals surface area contributed by atoms with E-state index < -0.39 is 10.0 Å². The molecule has 0 atom stereocenters. The van der Waals surface area contributed by atoms with Gasteiger partial charge in [0, 0.05) is 53.8 Å². The van der Waals surface area contributed by atoms with Crippen molar-refractivity contribution in [3.05, 3.63) is 63.7 Å². The number of likely N-dealkylation sites (N-methyl/N-ethyl adjacent to an activating group) is 1. The average molecular weight is 483 g/mol. The highest BCUT2D eigenvalue weighted by Gasteiger charge is 2.23. The summed E-state index contributed by atoms with van der Waals surface area (Å²) in [4.78, 5) is 4.91. The van der Waals surface area contributed by atoms with Crippen LogP contribution >= 0.6 is 27.5 Å². The smallest absolute Gasteiger partial charge is 0.268 e. The molecule has 3 aromatic rings. The molecule has 8 heteroatoms. The van der Waals surface area contributed by atoms with Crippen molar-refractivity contribution in [2.45, 2.75) is 11.4 Å². The molecule has 1 fully saturated rings. The van der Waals surface area contributed by atoms with Crippen molar-refractivity contribution in [1.82, 2.24) is 13.8 Å². The molecule has 1 aliphatic heterocycles. The number of piperazine rings is 1. The molecule has 2 heterocycles. The Bertz CT molecular complexity index is 1100. The molecular weight excluding hydrogens is 462 g/mol. The van der Waals surface area contributed by atoms with Crippen LogP contribution in [0, 0.1) is 0 Å². The standard InChI is InChI=1S/C20H21BrClN3O2S/c1-23-8-10-24(11-9-23)13-15-14-25(20-12-17(22)4-7-19(15)20)28(26,27)18-5-2-16(21)3-6-18/h2-7,12,14H,8-11,13H2,1H3. The lowest BCUT2D eigenvalue weighted by Crippen LogP contribution is -2.43. The molecule has 1 aromatic heterocycles. The van der Waals surface area contributed by atoms with Crippen molar-refractivity contribution in [3.63, 3.8) is 0 Å². The van der Waals surface area contributed by atoms with Gasteiger partial charge in [-0.2, -0.15) is 0 Å². The van der Waals surface area contributed by atoms with Gasteiger partial charge in [0.2, 0.25) is 0 Å². The van der Waals surface area contributed by atoms with Gasteiger partial charge in [0.15, 0.2) is 0 Å². The zero-order chi connectivity index (χ0) is 19.9. The van der Waals surface area contributed by atoms with E-state index in [0.29, 0.717) is 10.5 Å². The molecule has 0 bridgehead atoms. The van der Waals surface area contributed by atoms with E-state index in [0.717, 1.165) is 48.1 Å². The third-order valence-electron chi connectivity index (χ3n) is 5.18. The van der Waals surface area contributed by atoms with E-state index in [4.69, 9.17) is 11.6 Å². The Morgan fingerprint density at radius 1 is 1.04 bits per heavy atom. The number of nitrogens with zero attached hydrogens (tertiary/aromatic N) is 3. The van der Waals surface area contributed by atoms with Crippen molar-refractivity contribution in [2.75, 3.05) is 33.2 Å². The first-order valence-electron chi connectivity index (χ1n) is 9.06. The van der Waals surface area contributed by atoms with E-state index in [-0.39, 0.29) is 4.90 Å². The summed E-state index contributed by atoms with van der Waals surface area (Å²) in [5.74, 6) is 0. The highest BCUT2D eigenvalue weighted by molar-refractivity contribution is 9.10. The first kappa shape index (κ1) is 19.9. The molecule has 0 spiro atoms. The highest BCUT2D eigenvalue weighted by Crippen LogP contribution is 2.30. The van der Waals surface area contributed by atoms with Gasteiger partial charge in [-0.25, -0.2) is 12.4 Å². The molecular formula is C20H21BrClN3O2S. The Hall–Kier alpha value is -1.38. The maximum Gasteiger partial charge on any atom is 0.268 e. The summed E-state index contributed by atoms with van der Waals surface area (Å²) in [6.07, 6.45) is 1.75. The Kier molecular flexibility index (Phi) is 5.55. The number of hydrogen-bond acceptors (Lipinski definition) is 4. The van der Waals surface area contributed by atoms with Crippen LogP contribution in [0.2, 0.25) is 5.02 Å². The van der Waals surface area contributed by atoms with Gasteiger partial charge in [-0.1, -0.05) is 33.6 Å². The van der Waals surface area contributed by atoms with E-state index in [1.54, 1.807) is 36.5 Å². The van der Waals surface area contributed by atoms with Crippen LogP contribution in [-0.4, -0.2) is 55.4 Å². The second-order valence-electron chi connectivity index (χ2n) is 7.15. The van der Waals surface area contributed by atoms with E-state index >= 15 is 0 Å². The number of benzene rings is 2. The van der Waals surface area contributed by atoms with Crippen molar-refractivity contribution >= 4 is 48.5 Å². The summed E-state index contributed by atoms with van der Waals surface area (Å²) in [5, 5.41) is 1.44. The van der Waals surface area contributed by atoms with E-state index in [9.17, 15) is 8.42 Å². The molecule has 1 saturated heterocycles. The van der Waals surface area contributed by atoms with E-state index in [1.165, 1.54) is 3.97 Å². The summed E-state index contributed by atoms with van der Waals surface area (Å²) < 4.78 is 28.8. The van der Waals surface area contributed by atoms with Crippen LogP contribution in [0.1, 0.15) is 5.56 Å². The minimum absolute atomic E-state index is 0.249. The molecule has 28 heavy (non-hydrogen) atoms. The number of hydrogen-bond donors (Lipinski definition) is 0. The predicted octanol–water partition coefficient (Wildman–Crippen LogP) is 4.04. The maximum atomic E-state index is 13.3. The van der Waals surface area contributed by atoms with Crippen LogP contribution in [0.25, 0.3) is 10.9 Å². The maximum absolute atomic E-state index is 13.3. The second kappa shape index (κ2) is 7.80. The van der Waals surface area contributed by atoms with Crippen molar-refractivity contribution in [1.29, 1.82) is 0 Å². The average Bonchev–Trinajstić information content (AvgIpc) is 3.02. The number of halogens is 2. The van der Waals surface area contributed by atoms with Crippen LogP contribution < -0.4 is 0 Å². The van der Waals surface area contributed by atoms with Gasteiger partial charge >= 0.3 is 0 Å². The Labute approximate surface area is 178 Å². The van der Waals surface area contributed by atoms with Crippen LogP contribution in [0.5, 0.6) is 0 Å². The quantitative estimate of drug-likeness (QED) is 0.563. The minimum atomic E-state index is -3.72. The summed E-state index contributed by atoms with van der Waals surface area (Å²) in [6, 6.07) is 12.1. The lowest BCUT2D eigenvalue weighted by atomic mass is 10.1. The van der Waals surface area contributed by atoms with Gasteiger partial charge in [-0.3, -0.25) is 4.90 Å². The van der Waals surface area contributed by atoms with Crippen LogP contribution in [0.4, 0.5) is 0 Å². The predicted molar refractivity (Wildman–Crippen MR) is 116 cm³/mol. The normalized spacial score (nSPS) is 16.7. The lowest BCUT2D eigenvalue weighted by molar-refractivity contribution is 0.148. The summed E-state index contributed by atoms with van der Waals surface area (Å²) in [6.45, 7) is 4.69. The van der Waals surface area contributed by atoms with Gasteiger partial charge in [0.25, 0.3) is 10.0 Å². The third-order valence-corrected chi connectivity index (χ3v) is 7.63. The molecule has 0 N–H and O–H groups in total. The van der Waals surface area contributed by atoms with Gasteiger partial charge in [0.05, 0.1) is 10.4 Å². The van der Waals surface area contributed by atoms with E-state index in [2.05, 4.69) is 32.8 Å². The molecule has 0 amide bonds. The largest absolute Gasteiger partial charge is 0.304 e. The monoisotopic (exact) mass is 481 g/mol. The summed E-state index contributed by atoms with van der Waals surface area (Å²) >= 11 is 9.55. The highest BCUT2D eigenvalue weighted by atomic mass is 79.9. The molecule has 2 aromatic carbocycles. The zero-order valence-corrected chi connectivity index (χ0v) is 18.6. The van der Waals surface area contributed by atoms with Crippen molar-refractivity contribution in [2.24, 2.45) is 0 Å². The topological polar surface area (TPSA) is 45.5 Å². The Balaban J connectivity index is 1.78. The van der Waals surface area contributed by atoms with Crippen LogP contribution in [0.3, 0.4) is 0 Å². The first-order valence-corrected chi connectivity index (χ1v) is 11.7. The molecule has 1 aliphatic rings. The summed E-state index contributed by atoms with van der Waals surface area (Å²) in [5.41, 5.74) is 1.61. The number of fused-ring (bicyclic) bond motifs is 1. The van der Waals surface area contributed by atoms with Crippen LogP contribution in [-0.2, 0) is 16.6 Å². The fourth-order valence-electron chi connectivity index (χ4n) is 3.53. The fraction of sp³-hybridized carbons (Fsp3) is 0.300. The fourth-order valence-corrected chi connectivity index (χ4v) is 5.35. The molecule has 0 aliphatic carbocycles. The van der Waals surface area contributed by atoms with Crippen molar-refractivity contribution < 1.29 is 8.42 Å². The lowest BCUT2D eigenvalue weighted by Gasteiger charge is -2.32. The van der Waals surface area contributed by atoms with Gasteiger partial charge < -0.3 is 4.90 Å². The molecule has 4 rings (SSSR count). The Morgan fingerprint density at radius 2 is 1.71 bits per heavy atom. The third kappa shape index (κ3) is 3.86. The molecule has 0 radical (unpaired) electrons. The second-order valence-corrected chi connectivity index (χ2v) is 10.3. The summed E-state index contributed by atoms with van der Waals surface area (Å²) in [7, 11) is -1.60. The van der Waals surface area contributed by atoms with Gasteiger partial charge in [0.1, 0.15) is 0 Å². The molecule has 0 unspecified atom stereocenters. The Morgan fingerprint density at radius 3 is 2.39 bits per heavy atom. The first-order chi connectivity index (χ1) is 13.3. The number of aromatic nitrogens is 1. The molecule has 148 valence electrons. The SMILES string of the molecule is CN1CCN(Cc2cn(S(=O)(=O)c3ccc(Br)cc3)c3cc(Cl)ccc23)CC1. The van der Waals surface area contributed by atoms with Crippen molar-refractivity contribution in [3.8, 4) is 0 Å². The minimum Gasteiger partial charge on any atom is -0.304 e. The van der Waals surface area contributed by atoms with Gasteiger partial charge in [-0.15, -0.1) is 0 Å².